The maximum atomic E-state index is 13.2. The summed E-state index contributed by atoms with van der Waals surface area (Å²) in [4.78, 5) is 15.1. The van der Waals surface area contributed by atoms with E-state index in [1.807, 2.05) is 42.2 Å². The lowest BCUT2D eigenvalue weighted by Gasteiger charge is -2.30. The molecule has 0 spiro atoms. The van der Waals surface area contributed by atoms with Crippen molar-refractivity contribution in [1.82, 2.24) is 19.7 Å². The summed E-state index contributed by atoms with van der Waals surface area (Å²) in [5.74, 6) is 1.74. The van der Waals surface area contributed by atoms with Gasteiger partial charge in [-0.15, -0.1) is 10.2 Å². The molecule has 1 aromatic heterocycles. The Morgan fingerprint density at radius 2 is 1.74 bits per heavy atom. The smallest absolute Gasteiger partial charge is 0.236 e. The standard InChI is InChI=1S/C24H28N4O2S/c1-16(2)28-22(19-9-11-21(30-4)12-10-19)25-26-24(28)31-17(3)23(29)27-14-13-18-7-5-6-8-20(18)15-27/h5-12,16-17H,13-15H2,1-4H3/t17-/m1/s1. The van der Waals surface area contributed by atoms with Gasteiger partial charge in [0.1, 0.15) is 5.75 Å². The number of methoxy groups -OCH3 is 1. The molecule has 0 bridgehead atoms. The number of ether oxygens (including phenoxy) is 1. The van der Waals surface area contributed by atoms with Crippen molar-refractivity contribution in [3.8, 4) is 17.1 Å². The van der Waals surface area contributed by atoms with Gasteiger partial charge in [-0.1, -0.05) is 36.0 Å². The molecule has 3 aromatic rings. The Morgan fingerprint density at radius 1 is 1.03 bits per heavy atom. The number of rotatable bonds is 6. The zero-order chi connectivity index (χ0) is 22.0. The lowest BCUT2D eigenvalue weighted by atomic mass is 10.00. The minimum atomic E-state index is -0.240. The van der Waals surface area contributed by atoms with E-state index >= 15 is 0 Å². The lowest BCUT2D eigenvalue weighted by molar-refractivity contribution is -0.131. The number of aromatic nitrogens is 3. The van der Waals surface area contributed by atoms with Crippen LogP contribution in [0.15, 0.2) is 53.7 Å². The minimum Gasteiger partial charge on any atom is -0.497 e. The first-order valence-corrected chi connectivity index (χ1v) is 11.5. The summed E-state index contributed by atoms with van der Waals surface area (Å²) in [6.07, 6.45) is 0.906. The highest BCUT2D eigenvalue weighted by atomic mass is 32.2. The Labute approximate surface area is 187 Å². The molecule has 6 nitrogen and oxygen atoms in total. The summed E-state index contributed by atoms with van der Waals surface area (Å²) < 4.78 is 7.36. The zero-order valence-electron chi connectivity index (χ0n) is 18.4. The molecule has 0 aliphatic carbocycles. The highest BCUT2D eigenvalue weighted by Crippen LogP contribution is 2.32. The highest BCUT2D eigenvalue weighted by Gasteiger charge is 2.27. The lowest BCUT2D eigenvalue weighted by Crippen LogP contribution is -2.40. The van der Waals surface area contributed by atoms with Gasteiger partial charge in [0.15, 0.2) is 11.0 Å². The number of hydrogen-bond acceptors (Lipinski definition) is 5. The van der Waals surface area contributed by atoms with Gasteiger partial charge in [0.2, 0.25) is 5.91 Å². The third-order valence-corrected chi connectivity index (χ3v) is 6.65. The van der Waals surface area contributed by atoms with E-state index in [4.69, 9.17) is 4.74 Å². The van der Waals surface area contributed by atoms with E-state index in [0.29, 0.717) is 6.54 Å². The van der Waals surface area contributed by atoms with Crippen LogP contribution in [0.2, 0.25) is 0 Å². The number of nitrogens with zero attached hydrogens (tertiary/aromatic N) is 4. The summed E-state index contributed by atoms with van der Waals surface area (Å²) in [5.41, 5.74) is 3.56. The van der Waals surface area contributed by atoms with E-state index in [2.05, 4.69) is 46.8 Å². The predicted octanol–water partition coefficient (Wildman–Crippen LogP) is 4.60. The number of hydrogen-bond donors (Lipinski definition) is 0. The van der Waals surface area contributed by atoms with Crippen molar-refractivity contribution < 1.29 is 9.53 Å². The summed E-state index contributed by atoms with van der Waals surface area (Å²) in [6.45, 7) is 7.60. The molecule has 1 amide bonds. The summed E-state index contributed by atoms with van der Waals surface area (Å²) in [7, 11) is 1.65. The highest BCUT2D eigenvalue weighted by molar-refractivity contribution is 8.00. The molecule has 1 aliphatic heterocycles. The predicted molar refractivity (Wildman–Crippen MR) is 123 cm³/mol. The number of carbonyl (C=O) groups is 1. The molecule has 0 saturated carbocycles. The van der Waals surface area contributed by atoms with Crippen LogP contribution in [-0.4, -0.2) is 44.5 Å². The fourth-order valence-corrected chi connectivity index (χ4v) is 4.97. The van der Waals surface area contributed by atoms with Crippen molar-refractivity contribution >= 4 is 17.7 Å². The molecule has 0 N–H and O–H groups in total. The van der Waals surface area contributed by atoms with Crippen LogP contribution < -0.4 is 4.74 Å². The molecule has 31 heavy (non-hydrogen) atoms. The van der Waals surface area contributed by atoms with Crippen LogP contribution in [0.4, 0.5) is 0 Å². The van der Waals surface area contributed by atoms with Crippen LogP contribution in [0.1, 0.15) is 37.9 Å². The average molecular weight is 437 g/mol. The van der Waals surface area contributed by atoms with E-state index in [1.54, 1.807) is 7.11 Å². The van der Waals surface area contributed by atoms with E-state index in [1.165, 1.54) is 22.9 Å². The Morgan fingerprint density at radius 3 is 2.42 bits per heavy atom. The quantitative estimate of drug-likeness (QED) is 0.529. The van der Waals surface area contributed by atoms with Crippen molar-refractivity contribution in [2.24, 2.45) is 0 Å². The Hall–Kier alpha value is -2.80. The molecule has 0 unspecified atom stereocenters. The second-order valence-corrected chi connectivity index (χ2v) is 9.34. The molecule has 2 aromatic carbocycles. The summed E-state index contributed by atoms with van der Waals surface area (Å²) in [6, 6.07) is 16.3. The Bertz CT molecular complexity index is 1060. The van der Waals surface area contributed by atoms with Gasteiger partial charge in [0.05, 0.1) is 12.4 Å². The van der Waals surface area contributed by atoms with Crippen molar-refractivity contribution in [2.75, 3.05) is 13.7 Å². The molecule has 2 heterocycles. The van der Waals surface area contributed by atoms with Gasteiger partial charge in [-0.2, -0.15) is 0 Å². The molecule has 162 valence electrons. The first-order valence-electron chi connectivity index (χ1n) is 10.6. The average Bonchev–Trinajstić information content (AvgIpc) is 3.22. The van der Waals surface area contributed by atoms with Crippen LogP contribution in [0.5, 0.6) is 5.75 Å². The minimum absolute atomic E-state index is 0.142. The number of thioether (sulfide) groups is 1. The van der Waals surface area contributed by atoms with Gasteiger partial charge in [0, 0.05) is 24.7 Å². The Kier molecular flexibility index (Phi) is 6.32. The fourth-order valence-electron chi connectivity index (χ4n) is 3.91. The fraction of sp³-hybridized carbons (Fsp3) is 0.375. The number of benzene rings is 2. The second kappa shape index (κ2) is 9.14. The molecule has 0 radical (unpaired) electrons. The normalized spacial score (nSPS) is 14.4. The topological polar surface area (TPSA) is 60.3 Å². The molecular weight excluding hydrogens is 408 g/mol. The summed E-state index contributed by atoms with van der Waals surface area (Å²) >= 11 is 1.48. The van der Waals surface area contributed by atoms with Gasteiger partial charge in [-0.3, -0.25) is 9.36 Å². The van der Waals surface area contributed by atoms with Gasteiger partial charge in [-0.25, -0.2) is 0 Å². The van der Waals surface area contributed by atoms with E-state index < -0.39 is 0 Å². The summed E-state index contributed by atoms with van der Waals surface area (Å²) in [5, 5.41) is 9.40. The van der Waals surface area contributed by atoms with E-state index in [-0.39, 0.29) is 17.2 Å². The maximum Gasteiger partial charge on any atom is 0.236 e. The SMILES string of the molecule is COc1ccc(-c2nnc(S[C@H](C)C(=O)N3CCc4ccccc4C3)n2C(C)C)cc1. The molecule has 7 heteroatoms. The molecule has 1 atom stereocenters. The van der Waals surface area contributed by atoms with Crippen LogP contribution >= 0.6 is 11.8 Å². The molecule has 0 saturated heterocycles. The number of fused-ring (bicyclic) bond motifs is 1. The third-order valence-electron chi connectivity index (χ3n) is 5.60. The second-order valence-electron chi connectivity index (χ2n) is 8.04. The van der Waals surface area contributed by atoms with Gasteiger partial charge >= 0.3 is 0 Å². The number of carbonyl (C=O) groups excluding carboxylic acids is 1. The van der Waals surface area contributed by atoms with Crippen molar-refractivity contribution in [1.29, 1.82) is 0 Å². The molecule has 0 fully saturated rings. The van der Waals surface area contributed by atoms with Crippen LogP contribution in [-0.2, 0) is 17.8 Å². The first-order chi connectivity index (χ1) is 15.0. The van der Waals surface area contributed by atoms with Crippen LogP contribution in [0, 0.1) is 0 Å². The Balaban J connectivity index is 1.52. The van der Waals surface area contributed by atoms with Crippen LogP contribution in [0.3, 0.4) is 0 Å². The molecule has 4 rings (SSSR count). The zero-order valence-corrected chi connectivity index (χ0v) is 19.2. The third kappa shape index (κ3) is 4.46. The van der Waals surface area contributed by atoms with Gasteiger partial charge in [-0.05, 0) is 62.6 Å². The van der Waals surface area contributed by atoms with Crippen molar-refractivity contribution in [3.05, 3.63) is 59.7 Å². The van der Waals surface area contributed by atoms with E-state index in [9.17, 15) is 4.79 Å². The maximum absolute atomic E-state index is 13.2. The van der Waals surface area contributed by atoms with Crippen molar-refractivity contribution in [3.63, 3.8) is 0 Å². The number of amides is 1. The molecule has 1 aliphatic rings. The van der Waals surface area contributed by atoms with Gasteiger partial charge in [0.25, 0.3) is 0 Å². The first kappa shape index (κ1) is 21.4. The van der Waals surface area contributed by atoms with Gasteiger partial charge < -0.3 is 9.64 Å². The largest absolute Gasteiger partial charge is 0.497 e. The van der Waals surface area contributed by atoms with Crippen LogP contribution in [0.25, 0.3) is 11.4 Å². The monoisotopic (exact) mass is 436 g/mol. The van der Waals surface area contributed by atoms with E-state index in [0.717, 1.165) is 35.3 Å². The molecular formula is C24H28N4O2S. The van der Waals surface area contributed by atoms with Crippen molar-refractivity contribution in [2.45, 2.75) is 50.2 Å².